The third-order valence-electron chi connectivity index (χ3n) is 4.68. The van der Waals surface area contributed by atoms with Crippen LogP contribution in [-0.2, 0) is 9.84 Å². The van der Waals surface area contributed by atoms with Gasteiger partial charge in [0.1, 0.15) is 0 Å². The van der Waals surface area contributed by atoms with Gasteiger partial charge >= 0.3 is 0 Å². The van der Waals surface area contributed by atoms with E-state index in [-0.39, 0.29) is 29.5 Å². The number of fused-ring (bicyclic) bond motifs is 1. The number of sulfone groups is 1. The minimum atomic E-state index is -3.06. The van der Waals surface area contributed by atoms with Gasteiger partial charge < -0.3 is 4.90 Å². The zero-order chi connectivity index (χ0) is 16.1. The molecule has 3 rings (SSSR count). The summed E-state index contributed by atoms with van der Waals surface area (Å²) in [6.45, 7) is 5.24. The fourth-order valence-corrected chi connectivity index (χ4v) is 5.70. The lowest BCUT2D eigenvalue weighted by molar-refractivity contribution is 0.0410. The molecule has 2 atom stereocenters. The number of aryl methyl sites for hydroxylation is 2. The predicted molar refractivity (Wildman–Crippen MR) is 85.8 cm³/mol. The van der Waals surface area contributed by atoms with Crippen molar-refractivity contribution in [3.05, 3.63) is 34.9 Å². The molecule has 1 aromatic carbocycles. The second-order valence-corrected chi connectivity index (χ2v) is 8.72. The van der Waals surface area contributed by atoms with Crippen LogP contribution in [0.3, 0.4) is 0 Å². The normalized spacial score (nSPS) is 27.7. The molecular formula is C16H22N2O3S. The third kappa shape index (κ3) is 2.77. The van der Waals surface area contributed by atoms with Crippen LogP contribution in [-0.4, -0.2) is 67.9 Å². The molecule has 5 nitrogen and oxygen atoms in total. The fraction of sp³-hybridized carbons (Fsp3) is 0.562. The molecular weight excluding hydrogens is 300 g/mol. The highest BCUT2D eigenvalue weighted by molar-refractivity contribution is 7.91. The molecule has 2 unspecified atom stereocenters. The number of rotatable bonds is 1. The Labute approximate surface area is 131 Å². The third-order valence-corrected chi connectivity index (χ3v) is 6.38. The average molecular weight is 322 g/mol. The summed E-state index contributed by atoms with van der Waals surface area (Å²) in [6.07, 6.45) is 0. The molecule has 22 heavy (non-hydrogen) atoms. The van der Waals surface area contributed by atoms with Crippen LogP contribution < -0.4 is 0 Å². The molecule has 0 aromatic heterocycles. The number of carbonyl (C=O) groups excluding carboxylic acids is 1. The van der Waals surface area contributed by atoms with Gasteiger partial charge in [0, 0.05) is 24.7 Å². The number of benzene rings is 1. The lowest BCUT2D eigenvalue weighted by Crippen LogP contribution is -2.59. The van der Waals surface area contributed by atoms with Crippen molar-refractivity contribution >= 4 is 15.7 Å². The molecule has 120 valence electrons. The van der Waals surface area contributed by atoms with E-state index in [0.717, 1.165) is 11.1 Å². The van der Waals surface area contributed by atoms with Crippen LogP contribution in [0, 0.1) is 13.8 Å². The van der Waals surface area contributed by atoms with E-state index in [1.807, 2.05) is 39.1 Å². The van der Waals surface area contributed by atoms with Crippen LogP contribution in [0.2, 0.25) is 0 Å². The number of piperazine rings is 1. The van der Waals surface area contributed by atoms with Crippen molar-refractivity contribution in [3.63, 3.8) is 0 Å². The highest BCUT2D eigenvalue weighted by Gasteiger charge is 2.47. The van der Waals surface area contributed by atoms with E-state index in [9.17, 15) is 13.2 Å². The van der Waals surface area contributed by atoms with E-state index < -0.39 is 9.84 Å². The Hall–Kier alpha value is -1.40. The Morgan fingerprint density at radius 2 is 1.64 bits per heavy atom. The summed E-state index contributed by atoms with van der Waals surface area (Å²) in [6, 6.07) is 5.49. The van der Waals surface area contributed by atoms with Gasteiger partial charge in [-0.2, -0.15) is 0 Å². The van der Waals surface area contributed by atoms with Gasteiger partial charge in [0.25, 0.3) is 5.91 Å². The van der Waals surface area contributed by atoms with Crippen LogP contribution in [0.25, 0.3) is 0 Å². The topological polar surface area (TPSA) is 57.7 Å². The standard InChI is InChI=1S/C16H22N2O3S/c1-11-6-12(2)8-13(7-11)16(19)18-5-4-17(3)14-9-22(20,21)10-15(14)18/h6-8,14-15H,4-5,9-10H2,1-3H3. The van der Waals surface area contributed by atoms with Crippen molar-refractivity contribution < 1.29 is 13.2 Å². The molecule has 2 fully saturated rings. The van der Waals surface area contributed by atoms with Crippen LogP contribution in [0.1, 0.15) is 21.5 Å². The van der Waals surface area contributed by atoms with E-state index in [1.54, 1.807) is 4.90 Å². The second-order valence-electron chi connectivity index (χ2n) is 6.57. The van der Waals surface area contributed by atoms with Gasteiger partial charge in [0.2, 0.25) is 0 Å². The van der Waals surface area contributed by atoms with Gasteiger partial charge in [-0.1, -0.05) is 17.2 Å². The first-order valence-electron chi connectivity index (χ1n) is 7.57. The Morgan fingerprint density at radius 3 is 2.27 bits per heavy atom. The highest BCUT2D eigenvalue weighted by atomic mass is 32.2. The SMILES string of the molecule is Cc1cc(C)cc(C(=O)N2CCN(C)C3CS(=O)(=O)CC32)c1. The van der Waals surface area contributed by atoms with E-state index in [4.69, 9.17) is 0 Å². The fourth-order valence-electron chi connectivity index (χ4n) is 3.64. The number of carbonyl (C=O) groups is 1. The predicted octanol–water partition coefficient (Wildman–Crippen LogP) is 0.857. The molecule has 1 aromatic rings. The van der Waals surface area contributed by atoms with Crippen LogP contribution in [0.4, 0.5) is 0 Å². The summed E-state index contributed by atoms with van der Waals surface area (Å²) < 4.78 is 24.0. The van der Waals surface area contributed by atoms with Gasteiger partial charge in [-0.05, 0) is 33.0 Å². The zero-order valence-electron chi connectivity index (χ0n) is 13.2. The first kappa shape index (κ1) is 15.5. The Balaban J connectivity index is 1.92. The molecule has 0 radical (unpaired) electrons. The van der Waals surface area contributed by atoms with E-state index in [0.29, 0.717) is 18.7 Å². The molecule has 0 bridgehead atoms. The maximum Gasteiger partial charge on any atom is 0.254 e. The Morgan fingerprint density at radius 1 is 1.05 bits per heavy atom. The molecule has 0 aliphatic carbocycles. The molecule has 2 heterocycles. The molecule has 2 aliphatic heterocycles. The van der Waals surface area contributed by atoms with Crippen molar-refractivity contribution in [1.29, 1.82) is 0 Å². The Kier molecular flexibility index (Phi) is 3.77. The van der Waals surface area contributed by atoms with Gasteiger partial charge in [0.05, 0.1) is 17.5 Å². The first-order valence-corrected chi connectivity index (χ1v) is 9.39. The van der Waals surface area contributed by atoms with Gasteiger partial charge in [0.15, 0.2) is 9.84 Å². The summed E-state index contributed by atoms with van der Waals surface area (Å²) in [5.41, 5.74) is 2.76. The molecule has 0 spiro atoms. The average Bonchev–Trinajstić information content (AvgIpc) is 2.73. The van der Waals surface area contributed by atoms with Gasteiger partial charge in [-0.25, -0.2) is 8.42 Å². The van der Waals surface area contributed by atoms with Gasteiger partial charge in [-0.3, -0.25) is 9.69 Å². The van der Waals surface area contributed by atoms with Crippen molar-refractivity contribution in [2.24, 2.45) is 0 Å². The summed E-state index contributed by atoms with van der Waals surface area (Å²) in [5, 5.41) is 0. The quantitative estimate of drug-likeness (QED) is 0.769. The smallest absolute Gasteiger partial charge is 0.254 e. The van der Waals surface area contributed by atoms with Crippen LogP contribution in [0.15, 0.2) is 18.2 Å². The summed E-state index contributed by atoms with van der Waals surface area (Å²) in [7, 11) is -1.12. The highest BCUT2D eigenvalue weighted by Crippen LogP contribution is 2.27. The molecule has 0 saturated carbocycles. The van der Waals surface area contributed by atoms with Crippen molar-refractivity contribution in [2.45, 2.75) is 25.9 Å². The minimum absolute atomic E-state index is 0.0491. The summed E-state index contributed by atoms with van der Waals surface area (Å²) >= 11 is 0. The Bertz CT molecular complexity index is 694. The summed E-state index contributed by atoms with van der Waals surface area (Å²) in [4.78, 5) is 16.7. The molecule has 0 N–H and O–H groups in total. The number of hydrogen-bond acceptors (Lipinski definition) is 4. The first-order chi connectivity index (χ1) is 10.3. The zero-order valence-corrected chi connectivity index (χ0v) is 14.1. The molecule has 6 heteroatoms. The number of nitrogens with zero attached hydrogens (tertiary/aromatic N) is 2. The second kappa shape index (κ2) is 5.35. The van der Waals surface area contributed by atoms with E-state index >= 15 is 0 Å². The number of likely N-dealkylation sites (N-methyl/N-ethyl adjacent to an activating group) is 1. The van der Waals surface area contributed by atoms with Crippen molar-refractivity contribution in [1.82, 2.24) is 9.80 Å². The largest absolute Gasteiger partial charge is 0.332 e. The van der Waals surface area contributed by atoms with Crippen LogP contribution in [0.5, 0.6) is 0 Å². The lowest BCUT2D eigenvalue weighted by Gasteiger charge is -2.42. The summed E-state index contributed by atoms with van der Waals surface area (Å²) in [5.74, 6) is 0.190. The minimum Gasteiger partial charge on any atom is -0.332 e. The monoisotopic (exact) mass is 322 g/mol. The van der Waals surface area contributed by atoms with Crippen molar-refractivity contribution in [3.8, 4) is 0 Å². The van der Waals surface area contributed by atoms with E-state index in [1.165, 1.54) is 0 Å². The number of amides is 1. The van der Waals surface area contributed by atoms with E-state index in [2.05, 4.69) is 4.90 Å². The van der Waals surface area contributed by atoms with Crippen molar-refractivity contribution in [2.75, 3.05) is 31.6 Å². The van der Waals surface area contributed by atoms with Crippen LogP contribution >= 0.6 is 0 Å². The van der Waals surface area contributed by atoms with Gasteiger partial charge in [-0.15, -0.1) is 0 Å². The maximum atomic E-state index is 12.9. The lowest BCUT2D eigenvalue weighted by atomic mass is 10.0. The maximum absolute atomic E-state index is 12.9. The number of hydrogen-bond donors (Lipinski definition) is 0. The molecule has 1 amide bonds. The molecule has 2 saturated heterocycles. The molecule has 2 aliphatic rings.